The van der Waals surface area contributed by atoms with Crippen molar-refractivity contribution in [2.24, 2.45) is 0 Å². The summed E-state index contributed by atoms with van der Waals surface area (Å²) in [5, 5.41) is 1.07. The number of aromatic nitrogens is 1. The van der Waals surface area contributed by atoms with Gasteiger partial charge in [0.15, 0.2) is 0 Å². The lowest BCUT2D eigenvalue weighted by Gasteiger charge is -2.34. The van der Waals surface area contributed by atoms with Gasteiger partial charge in [-0.05, 0) is 41.5 Å². The molecule has 1 aromatic heterocycles. The summed E-state index contributed by atoms with van der Waals surface area (Å²) in [6, 6.07) is 18.5. The number of piperazine rings is 1. The smallest absolute Gasteiger partial charge is 0.258 e. The average molecular weight is 414 g/mol. The van der Waals surface area contributed by atoms with E-state index in [1.54, 1.807) is 12.2 Å². The highest BCUT2D eigenvalue weighted by Gasteiger charge is 2.20. The third-order valence-electron chi connectivity index (χ3n) is 6.39. The highest BCUT2D eigenvalue weighted by Crippen LogP contribution is 2.24. The van der Waals surface area contributed by atoms with E-state index < -0.39 is 0 Å². The van der Waals surface area contributed by atoms with E-state index in [2.05, 4.69) is 35.2 Å². The molecule has 31 heavy (non-hydrogen) atoms. The Balaban J connectivity index is 1.27. The van der Waals surface area contributed by atoms with E-state index in [0.29, 0.717) is 18.7 Å². The van der Waals surface area contributed by atoms with Gasteiger partial charge < -0.3 is 9.47 Å². The molecule has 0 bridgehead atoms. The maximum absolute atomic E-state index is 13.0. The zero-order valence-electron chi connectivity index (χ0n) is 17.7. The Labute approximate surface area is 182 Å². The molecule has 0 atom stereocenters. The van der Waals surface area contributed by atoms with Crippen molar-refractivity contribution in [2.75, 3.05) is 26.2 Å². The molecule has 0 aliphatic carbocycles. The van der Waals surface area contributed by atoms with E-state index in [1.165, 1.54) is 11.1 Å². The number of hydrogen-bond donors (Lipinski definition) is 0. The van der Waals surface area contributed by atoms with Gasteiger partial charge in [0.2, 0.25) is 5.91 Å². The monoisotopic (exact) mass is 413 g/mol. The van der Waals surface area contributed by atoms with Gasteiger partial charge in [0.05, 0.1) is 5.52 Å². The number of rotatable bonds is 4. The predicted octanol–water partition coefficient (Wildman–Crippen LogP) is 3.31. The zero-order chi connectivity index (χ0) is 21.2. The average Bonchev–Trinajstić information content (AvgIpc) is 2.81. The second-order valence-electron chi connectivity index (χ2n) is 8.44. The number of benzene rings is 2. The van der Waals surface area contributed by atoms with Crippen LogP contribution in [0.25, 0.3) is 17.0 Å². The van der Waals surface area contributed by atoms with E-state index in [-0.39, 0.29) is 11.5 Å². The number of pyridine rings is 1. The molecule has 0 N–H and O–H groups in total. The minimum absolute atomic E-state index is 0.00335. The van der Waals surface area contributed by atoms with E-state index >= 15 is 0 Å². The predicted molar refractivity (Wildman–Crippen MR) is 124 cm³/mol. The van der Waals surface area contributed by atoms with Gasteiger partial charge >= 0.3 is 0 Å². The van der Waals surface area contributed by atoms with Gasteiger partial charge in [-0.15, -0.1) is 0 Å². The number of aryl methyl sites for hydroxylation is 2. The second kappa shape index (κ2) is 8.52. The fraction of sp³-hybridized carbons (Fsp3) is 0.308. The topological polar surface area (TPSA) is 45.6 Å². The first-order chi connectivity index (χ1) is 15.2. The van der Waals surface area contributed by atoms with Crippen molar-refractivity contribution in [2.45, 2.75) is 25.9 Å². The number of nitrogens with zero attached hydrogens (tertiary/aromatic N) is 3. The van der Waals surface area contributed by atoms with Crippen molar-refractivity contribution in [3.63, 3.8) is 0 Å². The van der Waals surface area contributed by atoms with Crippen molar-refractivity contribution in [3.05, 3.63) is 87.7 Å². The molecule has 5 heteroatoms. The molecular weight excluding hydrogens is 386 g/mol. The van der Waals surface area contributed by atoms with Crippen LogP contribution >= 0.6 is 0 Å². The fourth-order valence-electron chi connectivity index (χ4n) is 4.74. The Bertz CT molecular complexity index is 1190. The number of para-hydroxylation sites is 1. The molecule has 158 valence electrons. The van der Waals surface area contributed by atoms with E-state index in [1.807, 2.05) is 33.7 Å². The van der Waals surface area contributed by atoms with Gasteiger partial charge in [-0.2, -0.15) is 0 Å². The molecule has 0 saturated carbocycles. The molecule has 0 radical (unpaired) electrons. The lowest BCUT2D eigenvalue weighted by atomic mass is 10.00. The lowest BCUT2D eigenvalue weighted by molar-refractivity contribution is -0.127. The first kappa shape index (κ1) is 19.8. The minimum atomic E-state index is -0.0220. The zero-order valence-corrected chi connectivity index (χ0v) is 17.7. The Morgan fingerprint density at radius 1 is 0.935 bits per heavy atom. The van der Waals surface area contributed by atoms with E-state index in [9.17, 15) is 9.59 Å². The van der Waals surface area contributed by atoms with E-state index in [4.69, 9.17) is 0 Å². The molecule has 5 nitrogen and oxygen atoms in total. The summed E-state index contributed by atoms with van der Waals surface area (Å²) in [5.41, 5.74) is 4.17. The molecular formula is C26H27N3O2. The van der Waals surface area contributed by atoms with Gasteiger partial charge in [-0.3, -0.25) is 14.5 Å². The third-order valence-corrected chi connectivity index (χ3v) is 6.39. The molecule has 2 aliphatic heterocycles. The molecule has 3 heterocycles. The van der Waals surface area contributed by atoms with Crippen molar-refractivity contribution >= 4 is 22.9 Å². The molecule has 2 aliphatic rings. The van der Waals surface area contributed by atoms with Crippen molar-refractivity contribution in [1.82, 2.24) is 14.4 Å². The SMILES string of the molecule is O=C(C=Cc1cc2cccc3c2n(c1=O)CCC3)N1CCN(Cc2ccccc2)CC1. The first-order valence-corrected chi connectivity index (χ1v) is 11.1. The number of carbonyl (C=O) groups excluding carboxylic acids is 1. The van der Waals surface area contributed by atoms with Crippen LogP contribution in [0.5, 0.6) is 0 Å². The molecule has 2 aromatic carbocycles. The van der Waals surface area contributed by atoms with Crippen LogP contribution in [0.3, 0.4) is 0 Å². The summed E-state index contributed by atoms with van der Waals surface area (Å²) >= 11 is 0. The summed E-state index contributed by atoms with van der Waals surface area (Å²) in [5.74, 6) is -0.0220. The van der Waals surface area contributed by atoms with Gasteiger partial charge in [0.25, 0.3) is 5.56 Å². The summed E-state index contributed by atoms with van der Waals surface area (Å²) < 4.78 is 1.88. The van der Waals surface area contributed by atoms with Gasteiger partial charge in [-0.25, -0.2) is 0 Å². The molecule has 1 saturated heterocycles. The maximum atomic E-state index is 13.0. The van der Waals surface area contributed by atoms with Crippen LogP contribution in [0.1, 0.15) is 23.1 Å². The molecule has 3 aromatic rings. The van der Waals surface area contributed by atoms with E-state index in [0.717, 1.165) is 49.9 Å². The summed E-state index contributed by atoms with van der Waals surface area (Å²) in [6.07, 6.45) is 5.26. The normalized spacial score (nSPS) is 16.8. The second-order valence-corrected chi connectivity index (χ2v) is 8.44. The summed E-state index contributed by atoms with van der Waals surface area (Å²) in [4.78, 5) is 30.0. The molecule has 0 unspecified atom stereocenters. The Morgan fingerprint density at radius 3 is 2.55 bits per heavy atom. The Kier molecular flexibility index (Phi) is 5.43. The molecule has 1 fully saturated rings. The van der Waals surface area contributed by atoms with Crippen LogP contribution in [0.2, 0.25) is 0 Å². The largest absolute Gasteiger partial charge is 0.337 e. The van der Waals surface area contributed by atoms with Crippen LogP contribution in [-0.4, -0.2) is 46.5 Å². The number of hydrogen-bond acceptors (Lipinski definition) is 3. The Morgan fingerprint density at radius 2 is 1.74 bits per heavy atom. The third kappa shape index (κ3) is 4.06. The van der Waals surface area contributed by atoms with Crippen LogP contribution in [0, 0.1) is 0 Å². The standard InChI is InChI=1S/C26H27N3O2/c30-24(28-16-14-27(15-17-28)19-20-6-2-1-3-7-20)12-11-23-18-22-9-4-8-21-10-5-13-29(25(21)22)26(23)31/h1-4,6-9,11-12,18H,5,10,13-17,19H2. The van der Waals surface area contributed by atoms with Crippen molar-refractivity contribution in [3.8, 4) is 0 Å². The maximum Gasteiger partial charge on any atom is 0.258 e. The fourth-order valence-corrected chi connectivity index (χ4v) is 4.74. The van der Waals surface area contributed by atoms with Crippen molar-refractivity contribution < 1.29 is 4.79 Å². The lowest BCUT2D eigenvalue weighted by Crippen LogP contribution is -2.47. The Hall–Kier alpha value is -3.18. The van der Waals surface area contributed by atoms with Crippen LogP contribution in [-0.2, 0) is 24.3 Å². The van der Waals surface area contributed by atoms with Crippen LogP contribution in [0.4, 0.5) is 0 Å². The molecule has 0 spiro atoms. The highest BCUT2D eigenvalue weighted by molar-refractivity contribution is 5.93. The van der Waals surface area contributed by atoms with Gasteiger partial charge in [0, 0.05) is 50.9 Å². The van der Waals surface area contributed by atoms with Crippen LogP contribution < -0.4 is 5.56 Å². The van der Waals surface area contributed by atoms with Crippen LogP contribution in [0.15, 0.2) is 65.5 Å². The first-order valence-electron chi connectivity index (χ1n) is 11.1. The molecule has 1 amide bonds. The summed E-state index contributed by atoms with van der Waals surface area (Å²) in [6.45, 7) is 4.80. The van der Waals surface area contributed by atoms with Gasteiger partial charge in [-0.1, -0.05) is 48.5 Å². The highest BCUT2D eigenvalue weighted by atomic mass is 16.2. The summed E-state index contributed by atoms with van der Waals surface area (Å²) in [7, 11) is 0. The minimum Gasteiger partial charge on any atom is -0.337 e. The quantitative estimate of drug-likeness (QED) is 0.617. The number of amides is 1. The molecule has 5 rings (SSSR count). The van der Waals surface area contributed by atoms with Gasteiger partial charge in [0.1, 0.15) is 0 Å². The number of carbonyl (C=O) groups is 1. The van der Waals surface area contributed by atoms with Crippen molar-refractivity contribution in [1.29, 1.82) is 0 Å².